The van der Waals surface area contributed by atoms with Crippen LogP contribution >= 0.6 is 11.8 Å². The fraction of sp³-hybridized carbons (Fsp3) is 1.00. The van der Waals surface area contributed by atoms with Crippen molar-refractivity contribution in [3.8, 4) is 0 Å². The van der Waals surface area contributed by atoms with Crippen LogP contribution in [0.3, 0.4) is 0 Å². The quantitative estimate of drug-likeness (QED) is 0.685. The lowest BCUT2D eigenvalue weighted by atomic mass is 9.92. The molecule has 0 aromatic carbocycles. The number of hydrogen-bond donors (Lipinski definition) is 1. The van der Waals surface area contributed by atoms with E-state index in [9.17, 15) is 0 Å². The monoisotopic (exact) mass is 187 g/mol. The van der Waals surface area contributed by atoms with E-state index in [-0.39, 0.29) is 5.54 Å². The number of thioether (sulfide) groups is 1. The summed E-state index contributed by atoms with van der Waals surface area (Å²) in [5, 5.41) is 0. The Balaban J connectivity index is 2.21. The molecular formula is C10H21NS. The lowest BCUT2D eigenvalue weighted by molar-refractivity contribution is 0.389. The van der Waals surface area contributed by atoms with Crippen LogP contribution in [-0.4, -0.2) is 17.5 Å². The molecule has 0 aliphatic heterocycles. The molecule has 1 aliphatic carbocycles. The smallest absolute Gasteiger partial charge is 0.0157 e. The van der Waals surface area contributed by atoms with Gasteiger partial charge in [-0.2, -0.15) is 11.8 Å². The SMILES string of the molecule is CSCCCC1(N)CCC(C)C1. The molecule has 12 heavy (non-hydrogen) atoms. The molecule has 0 spiro atoms. The normalized spacial score (nSPS) is 35.8. The third kappa shape index (κ3) is 2.98. The molecule has 1 nitrogen and oxygen atoms in total. The lowest BCUT2D eigenvalue weighted by Gasteiger charge is -2.23. The van der Waals surface area contributed by atoms with Gasteiger partial charge in [-0.1, -0.05) is 6.92 Å². The van der Waals surface area contributed by atoms with Gasteiger partial charge < -0.3 is 5.73 Å². The highest BCUT2D eigenvalue weighted by molar-refractivity contribution is 7.98. The van der Waals surface area contributed by atoms with Crippen molar-refractivity contribution >= 4 is 11.8 Å². The lowest BCUT2D eigenvalue weighted by Crippen LogP contribution is -2.36. The van der Waals surface area contributed by atoms with Crippen molar-refractivity contribution in [1.29, 1.82) is 0 Å². The van der Waals surface area contributed by atoms with Crippen LogP contribution in [-0.2, 0) is 0 Å². The molecule has 0 heterocycles. The van der Waals surface area contributed by atoms with Crippen LogP contribution in [0.5, 0.6) is 0 Å². The second-order valence-corrected chi connectivity index (χ2v) is 5.29. The predicted octanol–water partition coefficient (Wildman–Crippen LogP) is 2.65. The Bertz CT molecular complexity index is 138. The molecule has 1 rings (SSSR count). The number of hydrogen-bond acceptors (Lipinski definition) is 2. The van der Waals surface area contributed by atoms with E-state index in [1.54, 1.807) is 0 Å². The van der Waals surface area contributed by atoms with Crippen molar-refractivity contribution in [2.75, 3.05) is 12.0 Å². The maximum Gasteiger partial charge on any atom is 0.0157 e. The van der Waals surface area contributed by atoms with Crippen molar-refractivity contribution in [3.05, 3.63) is 0 Å². The van der Waals surface area contributed by atoms with E-state index in [0.29, 0.717) is 0 Å². The first kappa shape index (κ1) is 10.4. The molecule has 0 saturated heterocycles. The van der Waals surface area contributed by atoms with Gasteiger partial charge in [-0.3, -0.25) is 0 Å². The fourth-order valence-corrected chi connectivity index (χ4v) is 2.66. The van der Waals surface area contributed by atoms with Gasteiger partial charge in [0.25, 0.3) is 0 Å². The maximum absolute atomic E-state index is 6.28. The van der Waals surface area contributed by atoms with Gasteiger partial charge in [-0.25, -0.2) is 0 Å². The number of rotatable bonds is 4. The molecule has 0 amide bonds. The van der Waals surface area contributed by atoms with E-state index < -0.39 is 0 Å². The van der Waals surface area contributed by atoms with E-state index in [1.165, 1.54) is 37.9 Å². The van der Waals surface area contributed by atoms with E-state index in [2.05, 4.69) is 13.2 Å². The van der Waals surface area contributed by atoms with Gasteiger partial charge in [0.05, 0.1) is 0 Å². The van der Waals surface area contributed by atoms with Crippen molar-refractivity contribution in [1.82, 2.24) is 0 Å². The summed E-state index contributed by atoms with van der Waals surface area (Å²) in [6.07, 6.45) is 8.54. The summed E-state index contributed by atoms with van der Waals surface area (Å²) < 4.78 is 0. The third-order valence-corrected chi connectivity index (χ3v) is 3.61. The summed E-state index contributed by atoms with van der Waals surface area (Å²) in [5.41, 5.74) is 6.48. The Morgan fingerprint density at radius 2 is 2.33 bits per heavy atom. The van der Waals surface area contributed by atoms with Crippen LogP contribution in [0, 0.1) is 5.92 Å². The van der Waals surface area contributed by atoms with Crippen molar-refractivity contribution in [3.63, 3.8) is 0 Å². The summed E-state index contributed by atoms with van der Waals surface area (Å²) >= 11 is 1.93. The Hall–Kier alpha value is 0.310. The van der Waals surface area contributed by atoms with Crippen molar-refractivity contribution in [2.24, 2.45) is 11.7 Å². The van der Waals surface area contributed by atoms with Gasteiger partial charge in [-0.15, -0.1) is 0 Å². The van der Waals surface area contributed by atoms with Gasteiger partial charge in [0.2, 0.25) is 0 Å². The summed E-state index contributed by atoms with van der Waals surface area (Å²) in [6.45, 7) is 2.32. The first-order valence-corrected chi connectivity index (χ1v) is 6.33. The van der Waals surface area contributed by atoms with Gasteiger partial charge in [0.1, 0.15) is 0 Å². The molecule has 2 N–H and O–H groups in total. The van der Waals surface area contributed by atoms with Crippen molar-refractivity contribution in [2.45, 2.75) is 44.6 Å². The Labute approximate surface area is 80.5 Å². The van der Waals surface area contributed by atoms with E-state index in [4.69, 9.17) is 5.73 Å². The standard InChI is InChI=1S/C10H21NS/c1-9-4-6-10(11,8-9)5-3-7-12-2/h9H,3-8,11H2,1-2H3. The first-order chi connectivity index (χ1) is 5.66. The fourth-order valence-electron chi connectivity index (χ4n) is 2.23. The zero-order chi connectivity index (χ0) is 9.03. The van der Waals surface area contributed by atoms with Crippen molar-refractivity contribution < 1.29 is 0 Å². The van der Waals surface area contributed by atoms with Gasteiger partial charge in [-0.05, 0) is 50.0 Å². The molecule has 2 heteroatoms. The molecular weight excluding hydrogens is 166 g/mol. The molecule has 2 atom stereocenters. The topological polar surface area (TPSA) is 26.0 Å². The molecule has 72 valence electrons. The first-order valence-electron chi connectivity index (χ1n) is 4.94. The summed E-state index contributed by atoms with van der Waals surface area (Å²) in [4.78, 5) is 0. The maximum atomic E-state index is 6.28. The largest absolute Gasteiger partial charge is 0.325 e. The van der Waals surface area contributed by atoms with Crippen LogP contribution in [0.15, 0.2) is 0 Å². The van der Waals surface area contributed by atoms with Gasteiger partial charge in [0.15, 0.2) is 0 Å². The Morgan fingerprint density at radius 3 is 2.83 bits per heavy atom. The second-order valence-electron chi connectivity index (χ2n) is 4.31. The molecule has 1 fully saturated rings. The van der Waals surface area contributed by atoms with Crippen LogP contribution < -0.4 is 5.73 Å². The van der Waals surface area contributed by atoms with Gasteiger partial charge >= 0.3 is 0 Å². The minimum absolute atomic E-state index is 0.204. The highest BCUT2D eigenvalue weighted by Gasteiger charge is 2.32. The molecule has 1 aliphatic rings. The van der Waals surface area contributed by atoms with Gasteiger partial charge in [0, 0.05) is 5.54 Å². The molecule has 2 unspecified atom stereocenters. The Morgan fingerprint density at radius 1 is 1.58 bits per heavy atom. The highest BCUT2D eigenvalue weighted by Crippen LogP contribution is 2.35. The van der Waals surface area contributed by atoms with Crippen LogP contribution in [0.2, 0.25) is 0 Å². The average molecular weight is 187 g/mol. The molecule has 0 aromatic rings. The van der Waals surface area contributed by atoms with Crippen LogP contribution in [0.25, 0.3) is 0 Å². The minimum Gasteiger partial charge on any atom is -0.325 e. The third-order valence-electron chi connectivity index (χ3n) is 2.91. The average Bonchev–Trinajstić information content (AvgIpc) is 2.32. The summed E-state index contributed by atoms with van der Waals surface area (Å²) in [6, 6.07) is 0. The van der Waals surface area contributed by atoms with E-state index in [0.717, 1.165) is 5.92 Å². The highest BCUT2D eigenvalue weighted by atomic mass is 32.2. The van der Waals surface area contributed by atoms with Crippen LogP contribution in [0.4, 0.5) is 0 Å². The minimum atomic E-state index is 0.204. The number of nitrogens with two attached hydrogens (primary N) is 1. The van der Waals surface area contributed by atoms with E-state index >= 15 is 0 Å². The molecule has 0 aromatic heterocycles. The zero-order valence-electron chi connectivity index (χ0n) is 8.31. The van der Waals surface area contributed by atoms with Crippen LogP contribution in [0.1, 0.15) is 39.0 Å². The zero-order valence-corrected chi connectivity index (χ0v) is 9.12. The molecule has 0 radical (unpaired) electrons. The Kier molecular flexibility index (Phi) is 3.91. The predicted molar refractivity (Wildman–Crippen MR) is 57.5 cm³/mol. The van der Waals surface area contributed by atoms with E-state index in [1.807, 2.05) is 11.8 Å². The summed E-state index contributed by atoms with van der Waals surface area (Å²) in [7, 11) is 0. The summed E-state index contributed by atoms with van der Waals surface area (Å²) in [5.74, 6) is 2.14. The molecule has 0 bridgehead atoms. The second kappa shape index (κ2) is 4.52. The molecule has 1 saturated carbocycles.